The summed E-state index contributed by atoms with van der Waals surface area (Å²) in [6.07, 6.45) is 5.71. The molecule has 0 aliphatic carbocycles. The van der Waals surface area contributed by atoms with Crippen LogP contribution in [0.5, 0.6) is 5.75 Å². The van der Waals surface area contributed by atoms with Crippen LogP contribution in [-0.4, -0.2) is 11.2 Å². The quantitative estimate of drug-likeness (QED) is 0.189. The smallest absolute Gasteiger partial charge is 0.243 e. The third-order valence-corrected chi connectivity index (χ3v) is 6.64. The van der Waals surface area contributed by atoms with Gasteiger partial charge in [-0.2, -0.15) is 0 Å². The summed E-state index contributed by atoms with van der Waals surface area (Å²) in [5.41, 5.74) is 2.87. The number of imidazole rings is 1. The van der Waals surface area contributed by atoms with E-state index in [-0.39, 0.29) is 6.10 Å². The first-order chi connectivity index (χ1) is 16.9. The summed E-state index contributed by atoms with van der Waals surface area (Å²) >= 11 is 25.0. The summed E-state index contributed by atoms with van der Waals surface area (Å²) in [4.78, 5) is 0. The molecule has 0 bridgehead atoms. The highest BCUT2D eigenvalue weighted by molar-refractivity contribution is 6.35. The highest BCUT2D eigenvalue weighted by atomic mass is 35.5. The number of rotatable bonds is 10. The molecule has 0 spiro atoms. The largest absolute Gasteiger partial charge is 0.489 e. The Kier molecular flexibility index (Phi) is 8.99. The fourth-order valence-electron chi connectivity index (χ4n) is 3.68. The summed E-state index contributed by atoms with van der Waals surface area (Å²) in [5, 5.41) is 2.27. The van der Waals surface area contributed by atoms with Crippen molar-refractivity contribution in [1.82, 2.24) is 4.57 Å². The van der Waals surface area contributed by atoms with E-state index in [0.717, 1.165) is 16.9 Å². The second-order valence-corrected chi connectivity index (χ2v) is 9.90. The molecule has 35 heavy (non-hydrogen) atoms. The van der Waals surface area contributed by atoms with Gasteiger partial charge in [-0.3, -0.25) is 0 Å². The number of ether oxygens (including phenoxy) is 2. The second-order valence-electron chi connectivity index (χ2n) is 8.21. The predicted octanol–water partition coefficient (Wildman–Crippen LogP) is 7.73. The topological polar surface area (TPSA) is 27.3 Å². The molecular formula is C27H25Cl4N2O2+. The normalized spacial score (nSPS) is 12.0. The van der Waals surface area contributed by atoms with Crippen LogP contribution < -0.4 is 9.30 Å². The van der Waals surface area contributed by atoms with Crippen LogP contribution in [0.1, 0.15) is 22.8 Å². The zero-order valence-electron chi connectivity index (χ0n) is 19.1. The lowest BCUT2D eigenvalue weighted by Crippen LogP contribution is -2.35. The molecule has 0 radical (unpaired) electrons. The fraction of sp³-hybridized carbons (Fsp3) is 0.222. The zero-order chi connectivity index (χ0) is 24.8. The van der Waals surface area contributed by atoms with Crippen molar-refractivity contribution in [2.24, 2.45) is 0 Å². The summed E-state index contributed by atoms with van der Waals surface area (Å²) < 4.78 is 16.3. The van der Waals surface area contributed by atoms with Crippen molar-refractivity contribution >= 4 is 46.4 Å². The lowest BCUT2D eigenvalue weighted by atomic mass is 10.1. The molecule has 182 valence electrons. The first-order valence-electron chi connectivity index (χ1n) is 11.1. The molecule has 1 aromatic heterocycles. The van der Waals surface area contributed by atoms with Gasteiger partial charge >= 0.3 is 0 Å². The average Bonchev–Trinajstić information content (AvgIpc) is 3.25. The van der Waals surface area contributed by atoms with Gasteiger partial charge in [0.1, 0.15) is 43.9 Å². The maximum absolute atomic E-state index is 6.53. The third kappa shape index (κ3) is 7.39. The summed E-state index contributed by atoms with van der Waals surface area (Å²) in [6.45, 7) is 4.20. The van der Waals surface area contributed by atoms with Gasteiger partial charge in [0.25, 0.3) is 0 Å². The van der Waals surface area contributed by atoms with Crippen LogP contribution in [0.15, 0.2) is 79.4 Å². The van der Waals surface area contributed by atoms with Crippen molar-refractivity contribution in [2.45, 2.75) is 32.7 Å². The predicted molar refractivity (Wildman–Crippen MR) is 142 cm³/mol. The molecule has 4 nitrogen and oxygen atoms in total. The molecule has 1 atom stereocenters. The molecule has 0 aliphatic heterocycles. The Bertz CT molecular complexity index is 1290. The van der Waals surface area contributed by atoms with Crippen molar-refractivity contribution in [1.29, 1.82) is 0 Å². The van der Waals surface area contributed by atoms with Gasteiger partial charge in [-0.15, -0.1) is 0 Å². The molecule has 0 N–H and O–H groups in total. The molecular weight excluding hydrogens is 526 g/mol. The van der Waals surface area contributed by atoms with E-state index in [2.05, 4.69) is 9.13 Å². The average molecular weight is 551 g/mol. The van der Waals surface area contributed by atoms with E-state index < -0.39 is 0 Å². The van der Waals surface area contributed by atoms with Crippen molar-refractivity contribution in [2.75, 3.05) is 6.61 Å². The van der Waals surface area contributed by atoms with Gasteiger partial charge < -0.3 is 9.47 Å². The molecule has 8 heteroatoms. The Morgan fingerprint density at radius 2 is 1.69 bits per heavy atom. The molecule has 0 saturated heterocycles. The molecule has 1 heterocycles. The van der Waals surface area contributed by atoms with E-state index in [0.29, 0.717) is 46.4 Å². The van der Waals surface area contributed by atoms with Crippen LogP contribution in [0, 0.1) is 6.92 Å². The Labute approximate surface area is 225 Å². The molecule has 4 aromatic rings. The summed E-state index contributed by atoms with van der Waals surface area (Å²) in [6, 6.07) is 18.8. The van der Waals surface area contributed by atoms with Crippen molar-refractivity contribution < 1.29 is 14.0 Å². The van der Waals surface area contributed by atoms with Crippen LogP contribution in [0.4, 0.5) is 0 Å². The monoisotopic (exact) mass is 549 g/mol. The summed E-state index contributed by atoms with van der Waals surface area (Å²) in [7, 11) is 0. The van der Waals surface area contributed by atoms with Gasteiger partial charge in [-0.25, -0.2) is 9.13 Å². The minimum Gasteiger partial charge on any atom is -0.489 e. The Hall–Kier alpha value is -2.21. The number of aryl methyl sites for hydroxylation is 1. The first kappa shape index (κ1) is 25.9. The minimum atomic E-state index is -0.323. The van der Waals surface area contributed by atoms with E-state index in [1.54, 1.807) is 18.2 Å². The Morgan fingerprint density at radius 3 is 2.43 bits per heavy atom. The van der Waals surface area contributed by atoms with Gasteiger partial charge in [0, 0.05) is 25.7 Å². The van der Waals surface area contributed by atoms with E-state index >= 15 is 0 Å². The van der Waals surface area contributed by atoms with Crippen molar-refractivity contribution in [3.63, 3.8) is 0 Å². The Balaban J connectivity index is 1.44. The molecule has 0 amide bonds. The van der Waals surface area contributed by atoms with Gasteiger partial charge in [-0.1, -0.05) is 70.7 Å². The molecule has 0 fully saturated rings. The number of benzene rings is 3. The highest BCUT2D eigenvalue weighted by Crippen LogP contribution is 2.31. The van der Waals surface area contributed by atoms with Gasteiger partial charge in [0.15, 0.2) is 0 Å². The van der Waals surface area contributed by atoms with Crippen LogP contribution in [0.25, 0.3) is 0 Å². The van der Waals surface area contributed by atoms with E-state index in [4.69, 9.17) is 55.9 Å². The molecule has 1 unspecified atom stereocenters. The lowest BCUT2D eigenvalue weighted by molar-refractivity contribution is -0.704. The van der Waals surface area contributed by atoms with Crippen LogP contribution >= 0.6 is 46.4 Å². The molecule has 4 rings (SSSR count). The maximum Gasteiger partial charge on any atom is 0.243 e. The first-order valence-corrected chi connectivity index (χ1v) is 12.6. The minimum absolute atomic E-state index is 0.311. The van der Waals surface area contributed by atoms with Crippen LogP contribution in [-0.2, 0) is 24.4 Å². The molecule has 3 aromatic carbocycles. The standard InChI is InChI=1S/C27H25Cl4N2O2/c1-19-3-2-4-23(13-19)34-12-11-32-9-10-33(18-32)16-27(24-8-7-22(29)15-26(24)31)35-17-20-5-6-21(28)14-25(20)30/h2-10,13-15,18,27H,11-12,16-17H2,1H3/q+1. The van der Waals surface area contributed by atoms with Crippen molar-refractivity contribution in [3.05, 3.63) is 116 Å². The zero-order valence-corrected chi connectivity index (χ0v) is 22.2. The second kappa shape index (κ2) is 12.2. The summed E-state index contributed by atoms with van der Waals surface area (Å²) in [5.74, 6) is 0.872. The van der Waals surface area contributed by atoms with Crippen molar-refractivity contribution in [3.8, 4) is 5.75 Å². The maximum atomic E-state index is 6.53. The highest BCUT2D eigenvalue weighted by Gasteiger charge is 2.20. The lowest BCUT2D eigenvalue weighted by Gasteiger charge is -2.19. The van der Waals surface area contributed by atoms with Gasteiger partial charge in [0.2, 0.25) is 6.33 Å². The number of nitrogens with zero attached hydrogens (tertiary/aromatic N) is 2. The Morgan fingerprint density at radius 1 is 0.914 bits per heavy atom. The number of hydrogen-bond acceptors (Lipinski definition) is 2. The molecule has 0 saturated carbocycles. The number of halogens is 4. The molecule has 0 aliphatic rings. The third-order valence-electron chi connectivity index (χ3n) is 5.50. The SMILES string of the molecule is Cc1cccc(OCCn2cc[n+](CC(OCc3ccc(Cl)cc3Cl)c3ccc(Cl)cc3Cl)c2)c1. The van der Waals surface area contributed by atoms with Crippen LogP contribution in [0.2, 0.25) is 20.1 Å². The van der Waals surface area contributed by atoms with E-state index in [1.807, 2.05) is 68.1 Å². The fourth-order valence-corrected chi connectivity index (χ4v) is 4.67. The van der Waals surface area contributed by atoms with Gasteiger partial charge in [0.05, 0.1) is 6.61 Å². The van der Waals surface area contributed by atoms with E-state index in [9.17, 15) is 0 Å². The van der Waals surface area contributed by atoms with Crippen LogP contribution in [0.3, 0.4) is 0 Å². The number of aromatic nitrogens is 2. The van der Waals surface area contributed by atoms with Gasteiger partial charge in [-0.05, 0) is 54.4 Å². The number of hydrogen-bond donors (Lipinski definition) is 0. The van der Waals surface area contributed by atoms with E-state index in [1.165, 1.54) is 5.56 Å².